The molecule has 1 saturated heterocycles. The molecule has 0 aliphatic carbocycles. The van der Waals surface area contributed by atoms with Crippen molar-refractivity contribution in [1.82, 2.24) is 5.48 Å². The number of rotatable bonds is 6. The van der Waals surface area contributed by atoms with Crippen LogP contribution in [0.1, 0.15) is 17.5 Å². The summed E-state index contributed by atoms with van der Waals surface area (Å²) in [6, 6.07) is 14.3. The molecule has 1 N–H and O–H groups in total. The van der Waals surface area contributed by atoms with Gasteiger partial charge in [-0.2, -0.15) is 8.78 Å². The predicted molar refractivity (Wildman–Crippen MR) is 94.2 cm³/mol. The highest BCUT2D eigenvalue weighted by Crippen LogP contribution is 2.36. The van der Waals surface area contributed by atoms with Gasteiger partial charge in [-0.25, -0.2) is 0 Å². The molecule has 1 unspecified atom stereocenters. The highest BCUT2D eigenvalue weighted by molar-refractivity contribution is 5.68. The zero-order valence-electron chi connectivity index (χ0n) is 14.5. The van der Waals surface area contributed by atoms with Gasteiger partial charge in [0, 0.05) is 18.6 Å². The maximum atomic E-state index is 12.7. The van der Waals surface area contributed by atoms with Crippen LogP contribution in [-0.4, -0.2) is 25.4 Å². The Labute approximate surface area is 155 Å². The van der Waals surface area contributed by atoms with E-state index in [0.29, 0.717) is 13.2 Å². The Balaban J connectivity index is 1.58. The average Bonchev–Trinajstić information content (AvgIpc) is 3.31. The first-order valence-corrected chi connectivity index (χ1v) is 8.64. The van der Waals surface area contributed by atoms with Crippen molar-refractivity contribution in [3.8, 4) is 11.5 Å². The van der Waals surface area contributed by atoms with Crippen molar-refractivity contribution in [2.24, 2.45) is 0 Å². The van der Waals surface area contributed by atoms with Crippen molar-refractivity contribution in [2.75, 3.05) is 13.2 Å². The summed E-state index contributed by atoms with van der Waals surface area (Å²) in [6.45, 7) is -1.57. The van der Waals surface area contributed by atoms with E-state index in [0.717, 1.165) is 23.2 Å². The van der Waals surface area contributed by atoms with E-state index in [-0.39, 0.29) is 18.1 Å². The maximum absolute atomic E-state index is 12.7. The lowest BCUT2D eigenvalue weighted by Gasteiger charge is -2.15. The van der Waals surface area contributed by atoms with Crippen LogP contribution < -0.4 is 15.0 Å². The van der Waals surface area contributed by atoms with Crippen LogP contribution in [-0.2, 0) is 16.2 Å². The van der Waals surface area contributed by atoms with Gasteiger partial charge in [0.1, 0.15) is 12.2 Å². The molecular formula is C20H19F2NO4. The molecule has 2 aromatic rings. The summed E-state index contributed by atoms with van der Waals surface area (Å²) >= 11 is 0. The Hall–Kier alpha value is -2.64. The summed E-state index contributed by atoms with van der Waals surface area (Å²) in [4.78, 5) is 5.67. The number of hydrogen-bond donors (Lipinski definition) is 1. The van der Waals surface area contributed by atoms with Crippen molar-refractivity contribution < 1.29 is 27.8 Å². The second-order valence-corrected chi connectivity index (χ2v) is 6.44. The van der Waals surface area contributed by atoms with Crippen LogP contribution in [0.3, 0.4) is 0 Å². The zero-order chi connectivity index (χ0) is 18.7. The average molecular weight is 375 g/mol. The van der Waals surface area contributed by atoms with Gasteiger partial charge in [0.05, 0.1) is 12.3 Å². The molecule has 1 fully saturated rings. The summed E-state index contributed by atoms with van der Waals surface area (Å²) in [5.74, 6) is 0.228. The van der Waals surface area contributed by atoms with Crippen LogP contribution in [0.25, 0.3) is 5.70 Å². The molecule has 0 radical (unpaired) electrons. The zero-order valence-corrected chi connectivity index (χ0v) is 14.5. The third-order valence-corrected chi connectivity index (χ3v) is 4.50. The summed E-state index contributed by atoms with van der Waals surface area (Å²) < 4.78 is 41.2. The van der Waals surface area contributed by atoms with Crippen molar-refractivity contribution in [1.29, 1.82) is 0 Å². The molecule has 142 valence electrons. The van der Waals surface area contributed by atoms with Gasteiger partial charge in [0.2, 0.25) is 0 Å². The van der Waals surface area contributed by atoms with Crippen LogP contribution in [0.5, 0.6) is 11.5 Å². The van der Waals surface area contributed by atoms with Gasteiger partial charge in [-0.3, -0.25) is 10.3 Å². The van der Waals surface area contributed by atoms with Crippen molar-refractivity contribution in [3.63, 3.8) is 0 Å². The lowest BCUT2D eigenvalue weighted by molar-refractivity contribution is -0.0516. The lowest BCUT2D eigenvalue weighted by Crippen LogP contribution is -2.29. The summed E-state index contributed by atoms with van der Waals surface area (Å²) in [7, 11) is 0. The molecule has 4 rings (SSSR count). The first-order chi connectivity index (χ1) is 13.1. The van der Waals surface area contributed by atoms with Gasteiger partial charge in [-0.1, -0.05) is 30.3 Å². The number of hydrogen-bond acceptors (Lipinski definition) is 5. The summed E-state index contributed by atoms with van der Waals surface area (Å²) in [6.07, 6.45) is 2.72. The van der Waals surface area contributed by atoms with Crippen LogP contribution in [0.15, 0.2) is 54.6 Å². The second-order valence-electron chi connectivity index (χ2n) is 6.44. The highest BCUT2D eigenvalue weighted by Gasteiger charge is 2.39. The van der Waals surface area contributed by atoms with Crippen molar-refractivity contribution >= 4 is 5.70 Å². The Bertz CT molecular complexity index is 820. The van der Waals surface area contributed by atoms with Gasteiger partial charge in [0.15, 0.2) is 11.5 Å². The third-order valence-electron chi connectivity index (χ3n) is 4.50. The lowest BCUT2D eigenvalue weighted by atomic mass is 10.0. The van der Waals surface area contributed by atoms with Crippen LogP contribution in [0.2, 0.25) is 0 Å². The van der Waals surface area contributed by atoms with E-state index < -0.39 is 12.2 Å². The molecule has 5 nitrogen and oxygen atoms in total. The van der Waals surface area contributed by atoms with Crippen molar-refractivity contribution in [3.05, 3.63) is 65.7 Å². The standard InChI is InChI=1S/C20H19F2NO4/c21-19(22)26-17-7-6-15(16-11-20(27-23-16)8-9-24-13-20)10-18(17)25-12-14-4-2-1-3-5-14/h1-7,10-11,19,23H,8-9,12-13H2. The molecular weight excluding hydrogens is 356 g/mol. The quantitative estimate of drug-likeness (QED) is 0.830. The fraction of sp³-hybridized carbons (Fsp3) is 0.300. The third kappa shape index (κ3) is 4.04. The minimum atomic E-state index is -2.93. The summed E-state index contributed by atoms with van der Waals surface area (Å²) in [5, 5.41) is 0. The molecule has 0 amide bonds. The minimum absolute atomic E-state index is 0.0110. The Morgan fingerprint density at radius 1 is 1.11 bits per heavy atom. The van der Waals surface area contributed by atoms with Crippen LogP contribution in [0.4, 0.5) is 8.78 Å². The van der Waals surface area contributed by atoms with E-state index in [4.69, 9.17) is 14.3 Å². The normalized spacial score (nSPS) is 21.4. The topological polar surface area (TPSA) is 49.0 Å². The molecule has 2 aromatic carbocycles. The first-order valence-electron chi connectivity index (χ1n) is 8.64. The molecule has 1 spiro atoms. The number of hydroxylamine groups is 1. The highest BCUT2D eigenvalue weighted by atomic mass is 19.3. The molecule has 2 aliphatic heterocycles. The number of nitrogens with one attached hydrogen (secondary N) is 1. The van der Waals surface area contributed by atoms with Crippen LogP contribution >= 0.6 is 0 Å². The van der Waals surface area contributed by atoms with E-state index in [1.165, 1.54) is 6.07 Å². The fourth-order valence-electron chi connectivity index (χ4n) is 3.09. The van der Waals surface area contributed by atoms with Gasteiger partial charge in [0.25, 0.3) is 0 Å². The molecule has 7 heteroatoms. The minimum Gasteiger partial charge on any atom is -0.485 e. The molecule has 1 atom stereocenters. The second kappa shape index (κ2) is 7.54. The Morgan fingerprint density at radius 3 is 2.70 bits per heavy atom. The van der Waals surface area contributed by atoms with E-state index in [1.54, 1.807) is 12.1 Å². The van der Waals surface area contributed by atoms with Gasteiger partial charge in [-0.15, -0.1) is 0 Å². The first kappa shape index (κ1) is 17.8. The van der Waals surface area contributed by atoms with E-state index in [1.807, 2.05) is 36.4 Å². The predicted octanol–water partition coefficient (Wildman–Crippen LogP) is 3.90. The monoisotopic (exact) mass is 375 g/mol. The smallest absolute Gasteiger partial charge is 0.387 e. The molecule has 0 bridgehead atoms. The Morgan fingerprint density at radius 2 is 1.96 bits per heavy atom. The van der Waals surface area contributed by atoms with E-state index in [9.17, 15) is 8.78 Å². The van der Waals surface area contributed by atoms with Crippen molar-refractivity contribution in [2.45, 2.75) is 25.2 Å². The SMILES string of the molecule is FC(F)Oc1ccc(C2=CC3(CCOC3)ON2)cc1OCc1ccccc1. The summed E-state index contributed by atoms with van der Waals surface area (Å²) in [5.41, 5.74) is 4.85. The van der Waals surface area contributed by atoms with E-state index >= 15 is 0 Å². The number of halogens is 2. The van der Waals surface area contributed by atoms with Gasteiger partial charge >= 0.3 is 6.61 Å². The van der Waals surface area contributed by atoms with Gasteiger partial charge < -0.3 is 14.2 Å². The number of benzene rings is 2. The van der Waals surface area contributed by atoms with Gasteiger partial charge in [-0.05, 0) is 29.8 Å². The fourth-order valence-corrected chi connectivity index (χ4v) is 3.09. The molecule has 0 aromatic heterocycles. The number of ether oxygens (including phenoxy) is 3. The molecule has 2 aliphatic rings. The van der Waals surface area contributed by atoms with E-state index in [2.05, 4.69) is 10.2 Å². The largest absolute Gasteiger partial charge is 0.485 e. The molecule has 27 heavy (non-hydrogen) atoms. The maximum Gasteiger partial charge on any atom is 0.387 e. The molecule has 0 saturated carbocycles. The Kier molecular flexibility index (Phi) is 4.96. The van der Waals surface area contributed by atoms with Crippen LogP contribution in [0, 0.1) is 0 Å². The molecule has 2 heterocycles. The number of alkyl halides is 2.